The van der Waals surface area contributed by atoms with Crippen molar-refractivity contribution in [3.05, 3.63) is 54.1 Å². The molecule has 4 heterocycles. The fourth-order valence-corrected chi connectivity index (χ4v) is 3.42. The number of hydrogen-bond acceptors (Lipinski definition) is 6. The van der Waals surface area contributed by atoms with Gasteiger partial charge >= 0.3 is 0 Å². The van der Waals surface area contributed by atoms with Crippen LogP contribution in [-0.4, -0.2) is 57.4 Å². The molecule has 0 aliphatic carbocycles. The first kappa shape index (κ1) is 16.1. The molecular weight excluding hydrogens is 320 g/mol. The van der Waals surface area contributed by atoms with Crippen molar-refractivity contribution in [2.75, 3.05) is 19.7 Å². The molecule has 0 bridgehead atoms. The van der Waals surface area contributed by atoms with Gasteiger partial charge in [0.25, 0.3) is 5.91 Å². The van der Waals surface area contributed by atoms with Gasteiger partial charge in [-0.15, -0.1) is 0 Å². The van der Waals surface area contributed by atoms with E-state index in [1.54, 1.807) is 17.2 Å². The normalized spacial score (nSPS) is 21.8. The molecule has 4 rings (SSSR count). The molecule has 1 amide bonds. The predicted octanol–water partition coefficient (Wildman–Crippen LogP) is 1.46. The number of aromatic nitrogens is 3. The van der Waals surface area contributed by atoms with Crippen LogP contribution in [0.2, 0.25) is 0 Å². The average Bonchev–Trinajstić information content (AvgIpc) is 2.65. The largest absolute Gasteiger partial charge is 0.372 e. The maximum absolute atomic E-state index is 12.4. The summed E-state index contributed by atoms with van der Waals surface area (Å²) in [5.74, 6) is -0.0272. The Labute approximate surface area is 146 Å². The zero-order valence-corrected chi connectivity index (χ0v) is 13.9. The highest BCUT2D eigenvalue weighted by atomic mass is 16.5. The van der Waals surface area contributed by atoms with Crippen molar-refractivity contribution >= 4 is 5.91 Å². The minimum Gasteiger partial charge on any atom is -0.372 e. The van der Waals surface area contributed by atoms with Gasteiger partial charge in [0.15, 0.2) is 0 Å². The van der Waals surface area contributed by atoms with Crippen molar-refractivity contribution < 1.29 is 14.3 Å². The number of carbonyl (C=O) groups is 1. The first-order valence-corrected chi connectivity index (χ1v) is 8.46. The molecule has 2 saturated heterocycles. The standard InChI is InChI=1S/C18H20N4O3/c23-17(14-4-7-20-21-10-14)22-12-18(13-22)9-16(5-8-25-18)24-11-15-3-1-2-6-19-15/h1-4,6-7,10,16H,5,8-9,11-13H2. The summed E-state index contributed by atoms with van der Waals surface area (Å²) in [6.45, 7) is 2.36. The number of nitrogens with zero attached hydrogens (tertiary/aromatic N) is 4. The van der Waals surface area contributed by atoms with E-state index in [0.29, 0.717) is 31.9 Å². The highest BCUT2D eigenvalue weighted by Crippen LogP contribution is 2.36. The van der Waals surface area contributed by atoms with Gasteiger partial charge in [0.05, 0.1) is 49.5 Å². The Morgan fingerprint density at radius 3 is 2.96 bits per heavy atom. The molecule has 7 heteroatoms. The van der Waals surface area contributed by atoms with Crippen LogP contribution in [0.3, 0.4) is 0 Å². The van der Waals surface area contributed by atoms with E-state index in [-0.39, 0.29) is 17.6 Å². The van der Waals surface area contributed by atoms with Crippen LogP contribution in [0.5, 0.6) is 0 Å². The first-order chi connectivity index (χ1) is 12.2. The molecule has 1 atom stereocenters. The van der Waals surface area contributed by atoms with E-state index in [4.69, 9.17) is 9.47 Å². The van der Waals surface area contributed by atoms with Gasteiger partial charge in [0.2, 0.25) is 0 Å². The second-order valence-electron chi connectivity index (χ2n) is 6.57. The molecular formula is C18H20N4O3. The van der Waals surface area contributed by atoms with Gasteiger partial charge in [-0.3, -0.25) is 9.78 Å². The van der Waals surface area contributed by atoms with Gasteiger partial charge in [-0.25, -0.2) is 0 Å². The zero-order chi connectivity index (χ0) is 17.1. The fraction of sp³-hybridized carbons (Fsp3) is 0.444. The van der Waals surface area contributed by atoms with Gasteiger partial charge in [-0.1, -0.05) is 6.07 Å². The number of amides is 1. The molecule has 25 heavy (non-hydrogen) atoms. The maximum Gasteiger partial charge on any atom is 0.255 e. The van der Waals surface area contributed by atoms with Crippen LogP contribution in [0.25, 0.3) is 0 Å². The highest BCUT2D eigenvalue weighted by Gasteiger charge is 2.49. The molecule has 7 nitrogen and oxygen atoms in total. The lowest BCUT2D eigenvalue weighted by molar-refractivity contribution is -0.188. The van der Waals surface area contributed by atoms with Crippen LogP contribution in [0.4, 0.5) is 0 Å². The first-order valence-electron chi connectivity index (χ1n) is 8.46. The molecule has 2 fully saturated rings. The second kappa shape index (κ2) is 6.85. The predicted molar refractivity (Wildman–Crippen MR) is 88.7 cm³/mol. The SMILES string of the molecule is O=C(c1ccnnc1)N1CC2(CC(OCc3ccccn3)CCO2)C1. The Bertz CT molecular complexity index is 720. The topological polar surface area (TPSA) is 77.4 Å². The van der Waals surface area contributed by atoms with E-state index in [2.05, 4.69) is 15.2 Å². The molecule has 2 aliphatic heterocycles. The Hall–Kier alpha value is -2.38. The van der Waals surface area contributed by atoms with E-state index in [9.17, 15) is 4.79 Å². The number of carbonyl (C=O) groups excluding carboxylic acids is 1. The molecule has 0 aromatic carbocycles. The van der Waals surface area contributed by atoms with Crippen molar-refractivity contribution in [3.63, 3.8) is 0 Å². The maximum atomic E-state index is 12.4. The van der Waals surface area contributed by atoms with E-state index in [1.807, 2.05) is 18.2 Å². The molecule has 1 unspecified atom stereocenters. The summed E-state index contributed by atoms with van der Waals surface area (Å²) in [5.41, 5.74) is 1.21. The number of ether oxygens (including phenoxy) is 2. The summed E-state index contributed by atoms with van der Waals surface area (Å²) in [7, 11) is 0. The monoisotopic (exact) mass is 340 g/mol. The van der Waals surface area contributed by atoms with Gasteiger partial charge < -0.3 is 14.4 Å². The van der Waals surface area contributed by atoms with Crippen LogP contribution >= 0.6 is 0 Å². The molecule has 0 N–H and O–H groups in total. The summed E-state index contributed by atoms with van der Waals surface area (Å²) in [6, 6.07) is 7.49. The number of likely N-dealkylation sites (tertiary alicyclic amines) is 1. The summed E-state index contributed by atoms with van der Waals surface area (Å²) < 4.78 is 12.0. The van der Waals surface area contributed by atoms with E-state index in [1.165, 1.54) is 12.4 Å². The van der Waals surface area contributed by atoms with Crippen molar-refractivity contribution in [3.8, 4) is 0 Å². The van der Waals surface area contributed by atoms with Crippen LogP contribution < -0.4 is 0 Å². The average molecular weight is 340 g/mol. The van der Waals surface area contributed by atoms with Crippen LogP contribution in [0, 0.1) is 0 Å². The van der Waals surface area contributed by atoms with Gasteiger partial charge in [0.1, 0.15) is 5.60 Å². The fourth-order valence-electron chi connectivity index (χ4n) is 3.42. The molecule has 2 aromatic rings. The Morgan fingerprint density at radius 1 is 1.28 bits per heavy atom. The number of pyridine rings is 1. The highest BCUT2D eigenvalue weighted by molar-refractivity contribution is 5.94. The quantitative estimate of drug-likeness (QED) is 0.839. The summed E-state index contributed by atoms with van der Waals surface area (Å²) >= 11 is 0. The Morgan fingerprint density at radius 2 is 2.20 bits per heavy atom. The van der Waals surface area contributed by atoms with E-state index < -0.39 is 0 Å². The van der Waals surface area contributed by atoms with Gasteiger partial charge in [-0.05, 0) is 24.6 Å². The minimum absolute atomic E-state index is 0.0272. The van der Waals surface area contributed by atoms with E-state index >= 15 is 0 Å². The van der Waals surface area contributed by atoms with Crippen LogP contribution in [0.1, 0.15) is 28.9 Å². The Kier molecular flexibility index (Phi) is 4.42. The van der Waals surface area contributed by atoms with E-state index in [0.717, 1.165) is 18.5 Å². The third kappa shape index (κ3) is 3.52. The third-order valence-corrected chi connectivity index (χ3v) is 4.72. The lowest BCUT2D eigenvalue weighted by Crippen LogP contribution is -2.67. The molecule has 0 saturated carbocycles. The molecule has 0 radical (unpaired) electrons. The zero-order valence-electron chi connectivity index (χ0n) is 13.9. The van der Waals surface area contributed by atoms with Crippen molar-refractivity contribution in [1.82, 2.24) is 20.1 Å². The smallest absolute Gasteiger partial charge is 0.255 e. The van der Waals surface area contributed by atoms with Crippen LogP contribution in [-0.2, 0) is 16.1 Å². The van der Waals surface area contributed by atoms with Crippen molar-refractivity contribution in [1.29, 1.82) is 0 Å². The van der Waals surface area contributed by atoms with Crippen molar-refractivity contribution in [2.45, 2.75) is 31.2 Å². The summed E-state index contributed by atoms with van der Waals surface area (Å²) in [5, 5.41) is 7.46. The molecule has 130 valence electrons. The summed E-state index contributed by atoms with van der Waals surface area (Å²) in [6.07, 6.45) is 6.60. The second-order valence-corrected chi connectivity index (χ2v) is 6.57. The lowest BCUT2D eigenvalue weighted by atomic mass is 9.84. The van der Waals surface area contributed by atoms with Crippen molar-refractivity contribution in [2.24, 2.45) is 0 Å². The van der Waals surface area contributed by atoms with Gasteiger partial charge in [0, 0.05) is 19.2 Å². The third-order valence-electron chi connectivity index (χ3n) is 4.72. The molecule has 1 spiro atoms. The van der Waals surface area contributed by atoms with Crippen LogP contribution in [0.15, 0.2) is 42.9 Å². The Balaban J connectivity index is 1.31. The van der Waals surface area contributed by atoms with Gasteiger partial charge in [-0.2, -0.15) is 10.2 Å². The lowest BCUT2D eigenvalue weighted by Gasteiger charge is -2.52. The molecule has 2 aromatic heterocycles. The molecule has 2 aliphatic rings. The number of hydrogen-bond donors (Lipinski definition) is 0. The number of rotatable bonds is 4. The summed E-state index contributed by atoms with van der Waals surface area (Å²) in [4.78, 5) is 18.5. The minimum atomic E-state index is -0.275.